The number of nitrogens with one attached hydrogen (secondary N) is 1. The van der Waals surface area contributed by atoms with Crippen LogP contribution in [-0.2, 0) is 11.3 Å². The fourth-order valence-corrected chi connectivity index (χ4v) is 3.31. The lowest BCUT2D eigenvalue weighted by Crippen LogP contribution is -2.28. The van der Waals surface area contributed by atoms with Gasteiger partial charge in [0.1, 0.15) is 6.54 Å². The Bertz CT molecular complexity index is 733. The van der Waals surface area contributed by atoms with Gasteiger partial charge in [0.2, 0.25) is 0 Å². The largest absolute Gasteiger partial charge is 0.271 e. The van der Waals surface area contributed by atoms with Crippen molar-refractivity contribution in [3.05, 3.63) is 53.3 Å². The van der Waals surface area contributed by atoms with Crippen LogP contribution in [-0.4, -0.2) is 21.4 Å². The maximum absolute atomic E-state index is 12.2. The minimum atomic E-state index is -0.133. The third kappa shape index (κ3) is 3.91. The van der Waals surface area contributed by atoms with Gasteiger partial charge >= 0.3 is 0 Å². The number of hydrogen-bond acceptors (Lipinski definition) is 3. The number of amides is 1. The Labute approximate surface area is 142 Å². The zero-order valence-electron chi connectivity index (χ0n) is 14.3. The first-order chi connectivity index (χ1) is 11.6. The van der Waals surface area contributed by atoms with E-state index in [1.54, 1.807) is 4.68 Å². The van der Waals surface area contributed by atoms with E-state index >= 15 is 0 Å². The van der Waals surface area contributed by atoms with Crippen molar-refractivity contribution in [3.8, 4) is 0 Å². The van der Waals surface area contributed by atoms with Crippen molar-refractivity contribution < 1.29 is 4.79 Å². The highest BCUT2D eigenvalue weighted by atomic mass is 16.2. The monoisotopic (exact) mass is 324 g/mol. The Kier molecular flexibility index (Phi) is 5.08. The summed E-state index contributed by atoms with van der Waals surface area (Å²) in [5.74, 6) is 0.181. The van der Waals surface area contributed by atoms with E-state index in [1.165, 1.54) is 12.0 Å². The number of nitrogens with zero attached hydrogens (tertiary/aromatic N) is 3. The molecule has 0 radical (unpaired) electrons. The first-order valence-electron chi connectivity index (χ1n) is 8.55. The maximum atomic E-state index is 12.2. The molecule has 1 atom stereocenters. The standard InChI is InChI=1S/C19H24N4O/c1-14-12-15(2)23(22-14)13-19(24)21-20-18-11-7-6-10-17(18)16-8-4-3-5-9-16/h3-5,8-9,12,17H,6-7,10-11,13H2,1-2H3,(H,21,24)/t17-/m1/s1. The second kappa shape index (κ2) is 7.43. The third-order valence-electron chi connectivity index (χ3n) is 4.50. The number of hydrogen-bond donors (Lipinski definition) is 1. The van der Waals surface area contributed by atoms with Crippen LogP contribution in [0.2, 0.25) is 0 Å². The van der Waals surface area contributed by atoms with E-state index in [-0.39, 0.29) is 12.5 Å². The fourth-order valence-electron chi connectivity index (χ4n) is 3.31. The van der Waals surface area contributed by atoms with E-state index in [0.717, 1.165) is 36.4 Å². The number of benzene rings is 1. The minimum absolute atomic E-state index is 0.133. The molecule has 1 heterocycles. The summed E-state index contributed by atoms with van der Waals surface area (Å²) in [6.07, 6.45) is 4.38. The van der Waals surface area contributed by atoms with Crippen LogP contribution in [0, 0.1) is 13.8 Å². The second-order valence-corrected chi connectivity index (χ2v) is 6.43. The van der Waals surface area contributed by atoms with Gasteiger partial charge in [-0.1, -0.05) is 36.8 Å². The van der Waals surface area contributed by atoms with Crippen molar-refractivity contribution in [1.29, 1.82) is 0 Å². The predicted molar refractivity (Wildman–Crippen MR) is 94.9 cm³/mol. The van der Waals surface area contributed by atoms with Crippen LogP contribution >= 0.6 is 0 Å². The van der Waals surface area contributed by atoms with Crippen LogP contribution in [0.5, 0.6) is 0 Å². The van der Waals surface area contributed by atoms with Crippen molar-refractivity contribution in [3.63, 3.8) is 0 Å². The Morgan fingerprint density at radius 1 is 1.29 bits per heavy atom. The highest BCUT2D eigenvalue weighted by Gasteiger charge is 2.22. The van der Waals surface area contributed by atoms with Crippen molar-refractivity contribution in [1.82, 2.24) is 15.2 Å². The third-order valence-corrected chi connectivity index (χ3v) is 4.50. The van der Waals surface area contributed by atoms with Crippen LogP contribution in [0.1, 0.15) is 48.6 Å². The molecular weight excluding hydrogens is 300 g/mol. The van der Waals surface area contributed by atoms with Gasteiger partial charge in [-0.2, -0.15) is 10.2 Å². The second-order valence-electron chi connectivity index (χ2n) is 6.43. The molecule has 0 saturated heterocycles. The Morgan fingerprint density at radius 2 is 2.08 bits per heavy atom. The molecule has 1 aliphatic rings. The molecule has 0 bridgehead atoms. The lowest BCUT2D eigenvalue weighted by Gasteiger charge is -2.24. The summed E-state index contributed by atoms with van der Waals surface area (Å²) in [5.41, 5.74) is 6.99. The first-order valence-corrected chi connectivity index (χ1v) is 8.55. The topological polar surface area (TPSA) is 59.3 Å². The van der Waals surface area contributed by atoms with Gasteiger partial charge in [-0.05, 0) is 44.7 Å². The first kappa shape index (κ1) is 16.4. The molecule has 1 aromatic carbocycles. The van der Waals surface area contributed by atoms with E-state index in [2.05, 4.69) is 39.9 Å². The van der Waals surface area contributed by atoms with Crippen LogP contribution in [0.3, 0.4) is 0 Å². The fraction of sp³-hybridized carbons (Fsp3) is 0.421. The number of aromatic nitrogens is 2. The normalized spacial score (nSPS) is 19.4. The van der Waals surface area contributed by atoms with E-state index < -0.39 is 0 Å². The number of carbonyl (C=O) groups excluding carboxylic acids is 1. The highest BCUT2D eigenvalue weighted by molar-refractivity contribution is 5.92. The van der Waals surface area contributed by atoms with Gasteiger partial charge < -0.3 is 0 Å². The van der Waals surface area contributed by atoms with Gasteiger partial charge in [0.05, 0.1) is 5.69 Å². The molecule has 1 saturated carbocycles. The number of rotatable bonds is 4. The smallest absolute Gasteiger partial charge is 0.261 e. The van der Waals surface area contributed by atoms with Crippen molar-refractivity contribution >= 4 is 11.6 Å². The van der Waals surface area contributed by atoms with Gasteiger partial charge in [-0.3, -0.25) is 9.48 Å². The van der Waals surface area contributed by atoms with Gasteiger partial charge in [0.25, 0.3) is 5.91 Å². The lowest BCUT2D eigenvalue weighted by atomic mass is 9.82. The molecule has 3 rings (SSSR count). The van der Waals surface area contributed by atoms with Crippen LogP contribution in [0.25, 0.3) is 0 Å². The summed E-state index contributed by atoms with van der Waals surface area (Å²) in [5, 5.41) is 8.76. The molecule has 1 amide bonds. The Hall–Kier alpha value is -2.43. The SMILES string of the molecule is Cc1cc(C)n(CC(=O)NN=C2CCCC[C@@H]2c2ccccc2)n1. The molecule has 1 aliphatic carbocycles. The minimum Gasteiger partial charge on any atom is -0.271 e. The molecule has 0 spiro atoms. The number of hydrazone groups is 1. The van der Waals surface area contributed by atoms with Crippen LogP contribution in [0.15, 0.2) is 41.5 Å². The summed E-state index contributed by atoms with van der Waals surface area (Å²) < 4.78 is 1.71. The maximum Gasteiger partial charge on any atom is 0.261 e. The van der Waals surface area contributed by atoms with Gasteiger partial charge in [-0.15, -0.1) is 0 Å². The van der Waals surface area contributed by atoms with Crippen molar-refractivity contribution in [2.45, 2.75) is 52.0 Å². The molecule has 1 aromatic heterocycles. The average molecular weight is 324 g/mol. The van der Waals surface area contributed by atoms with E-state index in [4.69, 9.17) is 0 Å². The summed E-state index contributed by atoms with van der Waals surface area (Å²) in [6.45, 7) is 4.08. The Balaban J connectivity index is 1.67. The van der Waals surface area contributed by atoms with Crippen LogP contribution in [0.4, 0.5) is 0 Å². The van der Waals surface area contributed by atoms with Gasteiger partial charge in [0, 0.05) is 17.3 Å². The van der Waals surface area contributed by atoms with E-state index in [1.807, 2.05) is 26.0 Å². The summed E-state index contributed by atoms with van der Waals surface area (Å²) >= 11 is 0. The lowest BCUT2D eigenvalue weighted by molar-refractivity contribution is -0.121. The molecule has 1 fully saturated rings. The molecule has 0 aliphatic heterocycles. The van der Waals surface area contributed by atoms with Gasteiger partial charge in [-0.25, -0.2) is 5.43 Å². The summed E-state index contributed by atoms with van der Waals surface area (Å²) in [6, 6.07) is 12.4. The predicted octanol–water partition coefficient (Wildman–Crippen LogP) is 3.33. The molecule has 5 heteroatoms. The summed E-state index contributed by atoms with van der Waals surface area (Å²) in [7, 11) is 0. The molecular formula is C19H24N4O. The molecule has 126 valence electrons. The van der Waals surface area contributed by atoms with Crippen LogP contribution < -0.4 is 5.43 Å². The Morgan fingerprint density at radius 3 is 2.79 bits per heavy atom. The molecule has 24 heavy (non-hydrogen) atoms. The zero-order chi connectivity index (χ0) is 16.9. The zero-order valence-corrected chi connectivity index (χ0v) is 14.3. The quantitative estimate of drug-likeness (QED) is 0.877. The molecule has 2 aromatic rings. The molecule has 5 nitrogen and oxygen atoms in total. The highest BCUT2D eigenvalue weighted by Crippen LogP contribution is 2.30. The number of carbonyl (C=O) groups is 1. The van der Waals surface area contributed by atoms with Crippen molar-refractivity contribution in [2.24, 2.45) is 5.10 Å². The molecule has 1 N–H and O–H groups in total. The van der Waals surface area contributed by atoms with E-state index in [9.17, 15) is 4.79 Å². The number of aryl methyl sites for hydroxylation is 2. The van der Waals surface area contributed by atoms with Gasteiger partial charge in [0.15, 0.2) is 0 Å². The average Bonchev–Trinajstić information content (AvgIpc) is 2.91. The summed E-state index contributed by atoms with van der Waals surface area (Å²) in [4.78, 5) is 12.2. The van der Waals surface area contributed by atoms with Crippen molar-refractivity contribution in [2.75, 3.05) is 0 Å². The van der Waals surface area contributed by atoms with E-state index in [0.29, 0.717) is 5.92 Å². The molecule has 0 unspecified atom stereocenters.